The van der Waals surface area contributed by atoms with Gasteiger partial charge in [0.2, 0.25) is 5.91 Å². The van der Waals surface area contributed by atoms with E-state index in [1.807, 2.05) is 12.1 Å². The molecule has 2 aromatic rings. The molecule has 2 aliphatic rings. The van der Waals surface area contributed by atoms with Crippen LogP contribution in [0.25, 0.3) is 0 Å². The minimum absolute atomic E-state index is 0.00201. The smallest absolute Gasteiger partial charge is 0.322 e. The molecule has 0 bridgehead atoms. The van der Waals surface area contributed by atoms with E-state index in [0.29, 0.717) is 70.2 Å². The van der Waals surface area contributed by atoms with Crippen LogP contribution in [0.2, 0.25) is 0 Å². The van der Waals surface area contributed by atoms with Crippen LogP contribution in [-0.4, -0.2) is 75.5 Å². The van der Waals surface area contributed by atoms with Gasteiger partial charge in [0.05, 0.1) is 24.5 Å². The molecule has 2 saturated heterocycles. The molecular weight excluding hydrogens is 468 g/mol. The fraction of sp³-hybridized carbons (Fsp3) is 0.524. The Kier molecular flexibility index (Phi) is 7.68. The van der Waals surface area contributed by atoms with Gasteiger partial charge in [0.15, 0.2) is 0 Å². The van der Waals surface area contributed by atoms with Crippen LogP contribution in [0.15, 0.2) is 39.2 Å². The number of thiophene rings is 1. The summed E-state index contributed by atoms with van der Waals surface area (Å²) in [6, 6.07) is 6.53. The van der Waals surface area contributed by atoms with Crippen LogP contribution in [0.4, 0.5) is 9.80 Å². The van der Waals surface area contributed by atoms with Gasteiger partial charge >= 0.3 is 6.03 Å². The Hall–Kier alpha value is -2.41. The van der Waals surface area contributed by atoms with Crippen molar-refractivity contribution in [1.82, 2.24) is 14.5 Å². The lowest BCUT2D eigenvalue weighted by molar-refractivity contribution is -0.126. The van der Waals surface area contributed by atoms with E-state index in [4.69, 9.17) is 9.15 Å². The molecule has 10 nitrogen and oxygen atoms in total. The van der Waals surface area contributed by atoms with Gasteiger partial charge in [-0.15, -0.1) is 11.3 Å². The van der Waals surface area contributed by atoms with Crippen molar-refractivity contribution >= 4 is 38.3 Å². The first-order valence-corrected chi connectivity index (χ1v) is 13.2. The third-order valence-corrected chi connectivity index (χ3v) is 9.15. The van der Waals surface area contributed by atoms with Gasteiger partial charge in [-0.2, -0.15) is 4.31 Å². The molecule has 0 spiro atoms. The number of morpholine rings is 1. The largest absolute Gasteiger partial charge is 0.469 e. The topological polar surface area (TPSA) is 121 Å². The van der Waals surface area contributed by atoms with Crippen molar-refractivity contribution in [3.63, 3.8) is 0 Å². The molecule has 2 N–H and O–H groups in total. The number of hydrogen-bond acceptors (Lipinski definition) is 7. The van der Waals surface area contributed by atoms with E-state index >= 15 is 0 Å². The second-order valence-corrected chi connectivity index (χ2v) is 11.2. The van der Waals surface area contributed by atoms with Gasteiger partial charge in [-0.3, -0.25) is 10.1 Å². The van der Waals surface area contributed by atoms with E-state index in [0.717, 1.165) is 17.1 Å². The van der Waals surface area contributed by atoms with E-state index in [9.17, 15) is 18.0 Å². The van der Waals surface area contributed by atoms with Gasteiger partial charge in [0, 0.05) is 45.1 Å². The van der Waals surface area contributed by atoms with Gasteiger partial charge < -0.3 is 19.4 Å². The summed E-state index contributed by atoms with van der Waals surface area (Å²) in [5.41, 5.74) is 0. The Morgan fingerprint density at radius 1 is 1.09 bits per heavy atom. The number of anilines is 1. The zero-order valence-electron chi connectivity index (χ0n) is 18.2. The normalized spacial score (nSPS) is 18.2. The lowest BCUT2D eigenvalue weighted by atomic mass is 9.96. The van der Waals surface area contributed by atoms with Crippen LogP contribution in [0.1, 0.15) is 18.6 Å². The molecule has 3 amide bonds. The number of amides is 3. The van der Waals surface area contributed by atoms with Crippen LogP contribution in [0, 0.1) is 5.92 Å². The summed E-state index contributed by atoms with van der Waals surface area (Å²) in [5, 5.41) is 6.20. The summed E-state index contributed by atoms with van der Waals surface area (Å²) in [6.45, 7) is 2.86. The van der Waals surface area contributed by atoms with E-state index in [1.165, 1.54) is 10.4 Å². The van der Waals surface area contributed by atoms with Crippen LogP contribution < -0.4 is 10.6 Å². The molecule has 33 heavy (non-hydrogen) atoms. The first kappa shape index (κ1) is 23.7. The maximum atomic E-state index is 12.7. The summed E-state index contributed by atoms with van der Waals surface area (Å²) in [7, 11) is -3.58. The van der Waals surface area contributed by atoms with Crippen LogP contribution in [0.3, 0.4) is 0 Å². The van der Waals surface area contributed by atoms with E-state index in [2.05, 4.69) is 10.6 Å². The van der Waals surface area contributed by atoms with Gasteiger partial charge in [-0.25, -0.2) is 13.2 Å². The third kappa shape index (κ3) is 5.94. The number of ether oxygens (including phenoxy) is 1. The van der Waals surface area contributed by atoms with Crippen LogP contribution in [0.5, 0.6) is 0 Å². The maximum absolute atomic E-state index is 12.7. The second-order valence-electron chi connectivity index (χ2n) is 7.95. The standard InChI is InChI=1S/C21H28N4O6S2/c26-20(22-8-5-17-2-1-13-31-17)16-6-9-24(10-7-16)21(27)23-18-3-4-19(32-18)33(28,29)25-11-14-30-15-12-25/h1-4,13,16H,5-12,14-15H2,(H,22,26)(H,23,27). The molecule has 2 aromatic heterocycles. The number of hydrogen-bond donors (Lipinski definition) is 2. The molecular formula is C21H28N4O6S2. The third-order valence-electron chi connectivity index (χ3n) is 5.78. The monoisotopic (exact) mass is 496 g/mol. The number of carbonyl (C=O) groups is 2. The number of carbonyl (C=O) groups excluding carboxylic acids is 2. The SMILES string of the molecule is O=C(NCCc1ccco1)C1CCN(C(=O)Nc2ccc(S(=O)(=O)N3CCOCC3)s2)CC1. The van der Waals surface area contributed by atoms with Crippen molar-refractivity contribution in [2.24, 2.45) is 5.92 Å². The fourth-order valence-corrected chi connectivity index (χ4v) is 6.64. The Labute approximate surface area is 196 Å². The molecule has 2 aliphatic heterocycles. The number of piperidine rings is 1. The quantitative estimate of drug-likeness (QED) is 0.605. The average molecular weight is 497 g/mol. The predicted octanol–water partition coefficient (Wildman–Crippen LogP) is 1.96. The number of nitrogens with one attached hydrogen (secondary N) is 2. The minimum Gasteiger partial charge on any atom is -0.469 e. The Morgan fingerprint density at radius 3 is 2.55 bits per heavy atom. The van der Waals surface area contributed by atoms with E-state index < -0.39 is 10.0 Å². The van der Waals surface area contributed by atoms with Crippen molar-refractivity contribution in [3.05, 3.63) is 36.3 Å². The average Bonchev–Trinajstić information content (AvgIpc) is 3.52. The molecule has 0 radical (unpaired) electrons. The summed E-state index contributed by atoms with van der Waals surface area (Å²) in [4.78, 5) is 26.7. The number of likely N-dealkylation sites (tertiary alicyclic amines) is 1. The zero-order chi connectivity index (χ0) is 23.3. The zero-order valence-corrected chi connectivity index (χ0v) is 19.8. The van der Waals surface area contributed by atoms with Gasteiger partial charge in [-0.05, 0) is 37.1 Å². The van der Waals surface area contributed by atoms with Crippen molar-refractivity contribution in [1.29, 1.82) is 0 Å². The van der Waals surface area contributed by atoms with E-state index in [1.54, 1.807) is 17.2 Å². The lowest BCUT2D eigenvalue weighted by Gasteiger charge is -2.31. The predicted molar refractivity (Wildman–Crippen MR) is 123 cm³/mol. The second kappa shape index (κ2) is 10.7. The number of sulfonamides is 1. The maximum Gasteiger partial charge on any atom is 0.322 e. The van der Waals surface area contributed by atoms with Crippen molar-refractivity contribution in [2.45, 2.75) is 23.5 Å². The molecule has 0 unspecified atom stereocenters. The Morgan fingerprint density at radius 2 is 1.85 bits per heavy atom. The molecule has 2 fully saturated rings. The van der Waals surface area contributed by atoms with E-state index in [-0.39, 0.29) is 22.1 Å². The number of furan rings is 1. The summed E-state index contributed by atoms with van der Waals surface area (Å²) < 4.78 is 37.6. The first-order valence-electron chi connectivity index (χ1n) is 11.0. The van der Waals surface area contributed by atoms with Gasteiger partial charge in [-0.1, -0.05) is 0 Å². The summed E-state index contributed by atoms with van der Waals surface area (Å²) >= 11 is 1.04. The van der Waals surface area contributed by atoms with Crippen molar-refractivity contribution in [3.8, 4) is 0 Å². The number of rotatable bonds is 7. The number of urea groups is 1. The first-order chi connectivity index (χ1) is 15.9. The molecule has 0 saturated carbocycles. The summed E-state index contributed by atoms with van der Waals surface area (Å²) in [5.74, 6) is 0.701. The van der Waals surface area contributed by atoms with Crippen molar-refractivity contribution in [2.75, 3.05) is 51.3 Å². The number of nitrogens with zero attached hydrogens (tertiary/aromatic N) is 2. The summed E-state index contributed by atoms with van der Waals surface area (Å²) in [6.07, 6.45) is 3.42. The molecule has 4 heterocycles. The van der Waals surface area contributed by atoms with Gasteiger partial charge in [0.25, 0.3) is 10.0 Å². The highest BCUT2D eigenvalue weighted by Crippen LogP contribution is 2.29. The van der Waals surface area contributed by atoms with Crippen molar-refractivity contribution < 1.29 is 27.2 Å². The van der Waals surface area contributed by atoms with Gasteiger partial charge in [0.1, 0.15) is 9.97 Å². The highest BCUT2D eigenvalue weighted by atomic mass is 32.2. The molecule has 0 aliphatic carbocycles. The molecule has 12 heteroatoms. The Balaban J connectivity index is 1.23. The molecule has 0 aromatic carbocycles. The fourth-order valence-electron chi connectivity index (χ4n) is 3.88. The minimum atomic E-state index is -3.58. The van der Waals surface area contributed by atoms with Crippen LogP contribution >= 0.6 is 11.3 Å². The highest BCUT2D eigenvalue weighted by Gasteiger charge is 2.29. The molecule has 180 valence electrons. The highest BCUT2D eigenvalue weighted by molar-refractivity contribution is 7.91. The molecule has 0 atom stereocenters. The molecule has 4 rings (SSSR count). The van der Waals surface area contributed by atoms with Crippen LogP contribution in [-0.2, 0) is 26.0 Å². The lowest BCUT2D eigenvalue weighted by Crippen LogP contribution is -2.44. The Bertz CT molecular complexity index is 1040.